The fourth-order valence-electron chi connectivity index (χ4n) is 2.08. The van der Waals surface area contributed by atoms with Gasteiger partial charge in [0, 0.05) is 13.0 Å². The molecule has 1 fully saturated rings. The first-order valence-corrected chi connectivity index (χ1v) is 6.20. The summed E-state index contributed by atoms with van der Waals surface area (Å²) in [7, 11) is 0. The van der Waals surface area contributed by atoms with Crippen LogP contribution < -0.4 is 10.2 Å². The molecule has 2 rings (SSSR count). The number of ether oxygens (including phenoxy) is 2. The highest BCUT2D eigenvalue weighted by Gasteiger charge is 2.30. The highest BCUT2D eigenvalue weighted by molar-refractivity contribution is 6.74. The third-order valence-corrected chi connectivity index (χ3v) is 3.05. The topological polar surface area (TPSA) is 18.5 Å². The Morgan fingerprint density at radius 2 is 2.11 bits per heavy atom. The van der Waals surface area contributed by atoms with Gasteiger partial charge in [-0.1, -0.05) is 5.46 Å². The second-order valence-electron chi connectivity index (χ2n) is 4.53. The second-order valence-corrected chi connectivity index (χ2v) is 4.53. The Balaban J connectivity index is 1.98. The molecule has 1 saturated heterocycles. The quantitative estimate of drug-likeness (QED) is 0.608. The lowest BCUT2D eigenvalue weighted by atomic mass is 9.79. The molecule has 1 heterocycles. The summed E-state index contributed by atoms with van der Waals surface area (Å²) in [4.78, 5) is 0. The molecule has 1 aromatic rings. The molecule has 0 aromatic heterocycles. The molecule has 0 radical (unpaired) electrons. The molecule has 0 amide bonds. The minimum atomic E-state index is -5.28. The lowest BCUT2D eigenvalue weighted by Gasteiger charge is -2.20. The van der Waals surface area contributed by atoms with Gasteiger partial charge in [0.2, 0.25) is 0 Å². The maximum Gasteiger partial charge on any atom is 0.513 e. The molecule has 0 spiro atoms. The van der Waals surface area contributed by atoms with Crippen molar-refractivity contribution in [1.82, 2.24) is 0 Å². The van der Waals surface area contributed by atoms with Crippen LogP contribution in [0.2, 0.25) is 0 Å². The van der Waals surface area contributed by atoms with Crippen molar-refractivity contribution in [3.05, 3.63) is 24.0 Å². The summed E-state index contributed by atoms with van der Waals surface area (Å²) < 4.78 is 61.6. The van der Waals surface area contributed by atoms with E-state index in [9.17, 15) is 17.3 Å². The van der Waals surface area contributed by atoms with Gasteiger partial charge in [0.1, 0.15) is 5.82 Å². The monoisotopic (exact) mass is 277 g/mol. The van der Waals surface area contributed by atoms with Crippen LogP contribution in [0.15, 0.2) is 18.2 Å². The Bertz CT molecular complexity index is 430. The number of hydrogen-bond acceptors (Lipinski definition) is 2. The van der Waals surface area contributed by atoms with Gasteiger partial charge >= 0.3 is 6.98 Å². The van der Waals surface area contributed by atoms with Crippen LogP contribution in [0.5, 0.6) is 5.75 Å². The van der Waals surface area contributed by atoms with Gasteiger partial charge in [-0.2, -0.15) is 0 Å². The number of rotatable bonds is 5. The zero-order valence-electron chi connectivity index (χ0n) is 10.3. The van der Waals surface area contributed by atoms with Gasteiger partial charge in [-0.05, 0) is 31.0 Å². The van der Waals surface area contributed by atoms with Crippen molar-refractivity contribution >= 4 is 12.4 Å². The molecule has 0 bridgehead atoms. The SMILES string of the molecule is Fc1ccc(OCCC2CCCO2)c([B-](F)(F)F)c1. The summed E-state index contributed by atoms with van der Waals surface area (Å²) in [6.07, 6.45) is 2.48. The van der Waals surface area contributed by atoms with Crippen LogP contribution in [0, 0.1) is 5.82 Å². The van der Waals surface area contributed by atoms with Gasteiger partial charge in [-0.3, -0.25) is 0 Å². The molecular formula is C12H14BF4O2-. The van der Waals surface area contributed by atoms with Crippen LogP contribution in [-0.2, 0) is 4.74 Å². The molecule has 2 nitrogen and oxygen atoms in total. The predicted octanol–water partition coefficient (Wildman–Crippen LogP) is 2.83. The van der Waals surface area contributed by atoms with Crippen molar-refractivity contribution in [2.24, 2.45) is 0 Å². The third kappa shape index (κ3) is 3.86. The molecule has 19 heavy (non-hydrogen) atoms. The molecule has 1 aliphatic rings. The van der Waals surface area contributed by atoms with E-state index in [2.05, 4.69) is 0 Å². The zero-order chi connectivity index (χ0) is 13.9. The Hall–Kier alpha value is -1.24. The highest BCUT2D eigenvalue weighted by Crippen LogP contribution is 2.20. The molecule has 0 aliphatic carbocycles. The Labute approximate surface area is 108 Å². The van der Waals surface area contributed by atoms with E-state index in [0.717, 1.165) is 25.0 Å². The molecule has 106 valence electrons. The van der Waals surface area contributed by atoms with E-state index in [-0.39, 0.29) is 18.5 Å². The average molecular weight is 277 g/mol. The summed E-state index contributed by atoms with van der Waals surface area (Å²) in [6, 6.07) is 2.46. The normalized spacial score (nSPS) is 19.7. The van der Waals surface area contributed by atoms with E-state index >= 15 is 0 Å². The molecular weight excluding hydrogens is 263 g/mol. The molecule has 7 heteroatoms. The number of benzene rings is 1. The van der Waals surface area contributed by atoms with Crippen LogP contribution in [-0.4, -0.2) is 26.3 Å². The fourth-order valence-corrected chi connectivity index (χ4v) is 2.08. The Morgan fingerprint density at radius 1 is 1.32 bits per heavy atom. The summed E-state index contributed by atoms with van der Waals surface area (Å²) in [6.45, 7) is -4.46. The lowest BCUT2D eigenvalue weighted by molar-refractivity contribution is 0.0904. The van der Waals surface area contributed by atoms with E-state index in [1.807, 2.05) is 0 Å². The standard InChI is InChI=1S/C12H14BF4O2/c14-9-3-4-12(11(8-9)13(15,16)17)19-7-5-10-2-1-6-18-10/h3-4,8,10H,1-2,5-7H2/q-1. The predicted molar refractivity (Wildman–Crippen MR) is 64.2 cm³/mol. The molecule has 0 saturated carbocycles. The molecule has 0 N–H and O–H groups in total. The molecule has 1 aromatic carbocycles. The largest absolute Gasteiger partial charge is 0.513 e. The van der Waals surface area contributed by atoms with Crippen molar-refractivity contribution in [2.45, 2.75) is 25.4 Å². The van der Waals surface area contributed by atoms with Crippen LogP contribution >= 0.6 is 0 Å². The van der Waals surface area contributed by atoms with Crippen molar-refractivity contribution in [3.8, 4) is 5.75 Å². The van der Waals surface area contributed by atoms with Gasteiger partial charge in [0.25, 0.3) is 0 Å². The third-order valence-electron chi connectivity index (χ3n) is 3.05. The minimum Gasteiger partial charge on any atom is -0.496 e. The maximum atomic E-state index is 12.9. The summed E-state index contributed by atoms with van der Waals surface area (Å²) >= 11 is 0. The highest BCUT2D eigenvalue weighted by atomic mass is 19.4. The van der Waals surface area contributed by atoms with E-state index in [4.69, 9.17) is 9.47 Å². The lowest BCUT2D eigenvalue weighted by Crippen LogP contribution is -2.36. The van der Waals surface area contributed by atoms with Gasteiger partial charge in [-0.15, -0.1) is 0 Å². The first-order chi connectivity index (χ1) is 8.97. The zero-order valence-corrected chi connectivity index (χ0v) is 10.3. The van der Waals surface area contributed by atoms with Crippen LogP contribution in [0.25, 0.3) is 0 Å². The fraction of sp³-hybridized carbons (Fsp3) is 0.500. The van der Waals surface area contributed by atoms with Crippen molar-refractivity contribution in [1.29, 1.82) is 0 Å². The van der Waals surface area contributed by atoms with Gasteiger partial charge < -0.3 is 22.4 Å². The van der Waals surface area contributed by atoms with E-state index in [1.165, 1.54) is 0 Å². The Kier molecular flexibility index (Phi) is 4.34. The van der Waals surface area contributed by atoms with Gasteiger partial charge in [-0.25, -0.2) is 4.39 Å². The van der Waals surface area contributed by atoms with Crippen LogP contribution in [0.4, 0.5) is 17.3 Å². The maximum absolute atomic E-state index is 12.9. The van der Waals surface area contributed by atoms with Crippen molar-refractivity contribution in [2.75, 3.05) is 13.2 Å². The first kappa shape index (κ1) is 14.2. The van der Waals surface area contributed by atoms with Crippen LogP contribution in [0.3, 0.4) is 0 Å². The summed E-state index contributed by atoms with van der Waals surface area (Å²) in [5, 5.41) is 0. The van der Waals surface area contributed by atoms with E-state index in [0.29, 0.717) is 19.1 Å². The van der Waals surface area contributed by atoms with Crippen molar-refractivity contribution < 1.29 is 26.8 Å². The van der Waals surface area contributed by atoms with Gasteiger partial charge in [0.15, 0.2) is 0 Å². The molecule has 1 unspecified atom stereocenters. The van der Waals surface area contributed by atoms with E-state index < -0.39 is 18.3 Å². The molecule has 1 atom stereocenters. The Morgan fingerprint density at radius 3 is 2.74 bits per heavy atom. The van der Waals surface area contributed by atoms with Crippen LogP contribution in [0.1, 0.15) is 19.3 Å². The average Bonchev–Trinajstić information content (AvgIpc) is 2.83. The first-order valence-electron chi connectivity index (χ1n) is 6.20. The summed E-state index contributed by atoms with van der Waals surface area (Å²) in [5.74, 6) is -1.23. The van der Waals surface area contributed by atoms with Crippen molar-refractivity contribution in [3.63, 3.8) is 0 Å². The van der Waals surface area contributed by atoms with E-state index in [1.54, 1.807) is 0 Å². The minimum absolute atomic E-state index is 0.0558. The smallest absolute Gasteiger partial charge is 0.496 e. The van der Waals surface area contributed by atoms with Gasteiger partial charge in [0.05, 0.1) is 18.5 Å². The second kappa shape index (κ2) is 5.82. The molecule has 1 aliphatic heterocycles. The summed E-state index contributed by atoms with van der Waals surface area (Å²) in [5.41, 5.74) is -1.02. The number of hydrogen-bond donors (Lipinski definition) is 0. The number of halogens is 4.